The Balaban J connectivity index is 1.51. The molecule has 0 N–H and O–H groups in total. The Kier molecular flexibility index (Phi) is 7.62. The molecule has 5 heterocycles. The zero-order chi connectivity index (χ0) is 27.7. The molecule has 12 heteroatoms. The van der Waals surface area contributed by atoms with E-state index in [0.29, 0.717) is 36.4 Å². The molecule has 0 radical (unpaired) electrons. The summed E-state index contributed by atoms with van der Waals surface area (Å²) in [6.45, 7) is 4.02. The van der Waals surface area contributed by atoms with Gasteiger partial charge in [0.05, 0.1) is 17.6 Å². The lowest BCUT2D eigenvalue weighted by molar-refractivity contribution is 0.0836. The molecule has 0 aromatic carbocycles. The molecule has 202 valence electrons. The summed E-state index contributed by atoms with van der Waals surface area (Å²) in [7, 11) is 0. The van der Waals surface area contributed by atoms with Crippen molar-refractivity contribution in [1.29, 1.82) is 0 Å². The predicted octanol–water partition coefficient (Wildman–Crippen LogP) is 5.25. The van der Waals surface area contributed by atoms with Crippen LogP contribution in [0.25, 0.3) is 17.1 Å². The normalized spacial score (nSPS) is 14.0. The molecule has 1 aliphatic heterocycles. The highest BCUT2D eigenvalue weighted by Gasteiger charge is 2.24. The van der Waals surface area contributed by atoms with Gasteiger partial charge < -0.3 is 9.47 Å². The van der Waals surface area contributed by atoms with Crippen molar-refractivity contribution in [1.82, 2.24) is 24.5 Å². The third-order valence-corrected chi connectivity index (χ3v) is 6.80. The third-order valence-electron chi connectivity index (χ3n) is 6.45. The maximum absolute atomic E-state index is 16.1. The first-order chi connectivity index (χ1) is 18.7. The van der Waals surface area contributed by atoms with Crippen molar-refractivity contribution in [3.63, 3.8) is 0 Å². The van der Waals surface area contributed by atoms with Gasteiger partial charge in [-0.05, 0) is 38.3 Å². The van der Waals surface area contributed by atoms with E-state index in [2.05, 4.69) is 19.9 Å². The number of hydrogen-bond donors (Lipinski definition) is 0. The fourth-order valence-corrected chi connectivity index (χ4v) is 4.63. The summed E-state index contributed by atoms with van der Waals surface area (Å²) < 4.78 is 55.2. The van der Waals surface area contributed by atoms with Gasteiger partial charge in [0.2, 0.25) is 0 Å². The maximum Gasteiger partial charge on any atom is 0.278 e. The number of rotatable bonds is 6. The number of pyridine rings is 3. The minimum absolute atomic E-state index is 0.0339. The van der Waals surface area contributed by atoms with Gasteiger partial charge in [-0.1, -0.05) is 11.6 Å². The minimum atomic E-state index is -0.900. The molecule has 1 aliphatic rings. The van der Waals surface area contributed by atoms with Crippen LogP contribution in [0.15, 0.2) is 41.6 Å². The van der Waals surface area contributed by atoms with E-state index in [-0.39, 0.29) is 39.5 Å². The van der Waals surface area contributed by atoms with Gasteiger partial charge in [-0.3, -0.25) is 19.3 Å². The van der Waals surface area contributed by atoms with E-state index in [1.54, 1.807) is 26.1 Å². The number of aryl methyl sites for hydroxylation is 2. The van der Waals surface area contributed by atoms with E-state index in [4.69, 9.17) is 21.1 Å². The Morgan fingerprint density at radius 3 is 2.62 bits per heavy atom. The predicted molar refractivity (Wildman–Crippen MR) is 137 cm³/mol. The quantitative estimate of drug-likeness (QED) is 0.320. The zero-order valence-corrected chi connectivity index (χ0v) is 21.8. The molecular weight excluding hydrogens is 535 g/mol. The minimum Gasteiger partial charge on any atom is -0.485 e. The second-order valence-electron chi connectivity index (χ2n) is 9.11. The van der Waals surface area contributed by atoms with Crippen LogP contribution in [0, 0.1) is 31.3 Å². The van der Waals surface area contributed by atoms with Crippen LogP contribution < -0.4 is 10.3 Å². The first-order valence-electron chi connectivity index (χ1n) is 12.2. The zero-order valence-electron chi connectivity index (χ0n) is 21.0. The highest BCUT2D eigenvalue weighted by Crippen LogP contribution is 2.31. The molecule has 4 aromatic heterocycles. The number of hydrogen-bond acceptors (Lipinski definition) is 7. The lowest BCUT2D eigenvalue weighted by atomic mass is 9.99. The van der Waals surface area contributed by atoms with E-state index >= 15 is 4.39 Å². The molecule has 0 atom stereocenters. The molecule has 39 heavy (non-hydrogen) atoms. The highest BCUT2D eigenvalue weighted by atomic mass is 35.5. The number of halogens is 4. The topological polar surface area (TPSA) is 92.0 Å². The molecule has 0 saturated carbocycles. The van der Waals surface area contributed by atoms with E-state index in [9.17, 15) is 13.6 Å². The van der Waals surface area contributed by atoms with Crippen LogP contribution in [0.2, 0.25) is 5.02 Å². The van der Waals surface area contributed by atoms with Crippen LogP contribution >= 0.6 is 11.6 Å². The Labute approximate surface area is 226 Å². The molecule has 5 rings (SSSR count). The Bertz CT molecular complexity index is 1610. The van der Waals surface area contributed by atoms with Crippen molar-refractivity contribution in [2.45, 2.75) is 39.2 Å². The first-order valence-corrected chi connectivity index (χ1v) is 12.5. The largest absolute Gasteiger partial charge is 0.485 e. The van der Waals surface area contributed by atoms with Crippen molar-refractivity contribution in [3.05, 3.63) is 92.4 Å². The van der Waals surface area contributed by atoms with Gasteiger partial charge >= 0.3 is 0 Å². The molecule has 0 aliphatic carbocycles. The average molecular weight is 558 g/mol. The van der Waals surface area contributed by atoms with Gasteiger partial charge in [-0.15, -0.1) is 0 Å². The highest BCUT2D eigenvalue weighted by molar-refractivity contribution is 6.31. The average Bonchev–Trinajstić information content (AvgIpc) is 2.93. The summed E-state index contributed by atoms with van der Waals surface area (Å²) in [4.78, 5) is 30.2. The molecule has 0 amide bonds. The van der Waals surface area contributed by atoms with Crippen LogP contribution in [0.1, 0.15) is 41.5 Å². The van der Waals surface area contributed by atoms with Gasteiger partial charge in [0.25, 0.3) is 5.56 Å². The molecule has 1 saturated heterocycles. The molecule has 8 nitrogen and oxygen atoms in total. The second kappa shape index (κ2) is 11.1. The van der Waals surface area contributed by atoms with Gasteiger partial charge in [-0.25, -0.2) is 23.1 Å². The number of aromatic nitrogens is 5. The van der Waals surface area contributed by atoms with Crippen molar-refractivity contribution >= 4 is 11.6 Å². The van der Waals surface area contributed by atoms with Crippen LogP contribution in [-0.2, 0) is 11.3 Å². The summed E-state index contributed by atoms with van der Waals surface area (Å²) in [5.74, 6) is -1.85. The van der Waals surface area contributed by atoms with Crippen molar-refractivity contribution < 1.29 is 22.6 Å². The Hall–Kier alpha value is -3.83. The van der Waals surface area contributed by atoms with Crippen LogP contribution in [0.5, 0.6) is 5.75 Å². The maximum atomic E-state index is 16.1. The second-order valence-corrected chi connectivity index (χ2v) is 9.49. The fourth-order valence-electron chi connectivity index (χ4n) is 4.44. The summed E-state index contributed by atoms with van der Waals surface area (Å²) in [6.07, 6.45) is 5.40. The van der Waals surface area contributed by atoms with E-state index in [1.165, 1.54) is 12.3 Å². The van der Waals surface area contributed by atoms with Gasteiger partial charge in [0.1, 0.15) is 40.4 Å². The third kappa shape index (κ3) is 5.37. The van der Waals surface area contributed by atoms with Crippen molar-refractivity contribution in [2.24, 2.45) is 0 Å². The van der Waals surface area contributed by atoms with Gasteiger partial charge in [-0.2, -0.15) is 0 Å². The molecule has 0 bridgehead atoms. The van der Waals surface area contributed by atoms with Crippen molar-refractivity contribution in [3.8, 4) is 22.8 Å². The van der Waals surface area contributed by atoms with Crippen LogP contribution in [0.3, 0.4) is 0 Å². The van der Waals surface area contributed by atoms with E-state index < -0.39 is 29.6 Å². The molecule has 4 aromatic rings. The van der Waals surface area contributed by atoms with Crippen LogP contribution in [-0.4, -0.2) is 37.7 Å². The summed E-state index contributed by atoms with van der Waals surface area (Å²) >= 11 is 6.32. The smallest absolute Gasteiger partial charge is 0.278 e. The molecular formula is C27H23ClF3N5O3. The van der Waals surface area contributed by atoms with Crippen LogP contribution in [0.4, 0.5) is 13.2 Å². The summed E-state index contributed by atoms with van der Waals surface area (Å²) in [5.41, 5.74) is -0.000760. The molecule has 1 fully saturated rings. The number of ether oxygens (including phenoxy) is 2. The lowest BCUT2D eigenvalue weighted by Crippen LogP contribution is -2.24. The summed E-state index contributed by atoms with van der Waals surface area (Å²) in [5, 5.41) is -0.343. The summed E-state index contributed by atoms with van der Waals surface area (Å²) in [6, 6.07) is 3.67. The molecule has 0 spiro atoms. The monoisotopic (exact) mass is 557 g/mol. The first kappa shape index (κ1) is 26.8. The fraction of sp³-hybridized carbons (Fsp3) is 0.296. The molecule has 0 unspecified atom stereocenters. The Morgan fingerprint density at radius 1 is 1.10 bits per heavy atom. The van der Waals surface area contributed by atoms with E-state index in [1.807, 2.05) is 0 Å². The van der Waals surface area contributed by atoms with Gasteiger partial charge in [0, 0.05) is 49.4 Å². The van der Waals surface area contributed by atoms with Gasteiger partial charge in [0.15, 0.2) is 11.6 Å². The lowest BCUT2D eigenvalue weighted by Gasteiger charge is -2.21. The van der Waals surface area contributed by atoms with E-state index in [0.717, 1.165) is 23.6 Å². The Morgan fingerprint density at radius 2 is 1.87 bits per heavy atom. The SMILES string of the molecule is Cc1cnc(-c2ccnc(C3CCOCC3)n2)c(F)c1-n1c(C)cc(OCc2ncc(F)cc2F)c(Cl)c1=O. The number of nitrogens with zero attached hydrogens (tertiary/aromatic N) is 5. The van der Waals surface area contributed by atoms with Crippen molar-refractivity contribution in [2.75, 3.05) is 13.2 Å². The standard InChI is InChI=1S/C27H23ClF3N5O3/c1-14-11-34-24(19-3-6-32-26(35-19)16-4-7-38-8-5-16)23(31)25(14)36-15(2)9-21(22(28)27(36)37)39-13-20-18(30)10-17(29)12-33-20/h3,6,9-12,16H,4-5,7-8,13H2,1-2H3.